The van der Waals surface area contributed by atoms with Crippen molar-refractivity contribution in [1.82, 2.24) is 20.4 Å². The van der Waals surface area contributed by atoms with E-state index < -0.39 is 0 Å². The maximum absolute atomic E-state index is 5.95. The summed E-state index contributed by atoms with van der Waals surface area (Å²) in [6.45, 7) is 4.39. The molecule has 2 aliphatic rings. The lowest BCUT2D eigenvalue weighted by Crippen LogP contribution is -2.35. The van der Waals surface area contributed by atoms with Gasteiger partial charge in [-0.25, -0.2) is 0 Å². The standard InChI is InChI=1S/C20H27N5O3/c1-13(11-26-2)28-14-4-5-17-16(8-14)20(24-23-17)18-9-19(22-12-21-18)25-7-6-15(10-25)27-3/h4-5,8-9,12-13,15,19H,6-7,10-11H2,1-3H3,(H,21,22)(H,23,24). The highest BCUT2D eigenvalue weighted by molar-refractivity contribution is 5.93. The molecule has 4 rings (SSSR count). The van der Waals surface area contributed by atoms with Crippen LogP contribution in [0.3, 0.4) is 0 Å². The largest absolute Gasteiger partial charge is 0.488 e. The molecule has 0 saturated carbocycles. The number of hydrogen-bond donors (Lipinski definition) is 2. The minimum absolute atomic E-state index is 0.00990. The van der Waals surface area contributed by atoms with Gasteiger partial charge in [0.1, 0.15) is 23.7 Å². The third-order valence-electron chi connectivity index (χ3n) is 5.18. The predicted octanol–water partition coefficient (Wildman–Crippen LogP) is 2.00. The fourth-order valence-corrected chi connectivity index (χ4v) is 3.73. The van der Waals surface area contributed by atoms with E-state index in [4.69, 9.17) is 14.2 Å². The van der Waals surface area contributed by atoms with Gasteiger partial charge in [0, 0.05) is 32.7 Å². The Kier molecular flexibility index (Phi) is 5.61. The number of likely N-dealkylation sites (tertiary alicyclic amines) is 1. The summed E-state index contributed by atoms with van der Waals surface area (Å²) in [4.78, 5) is 6.90. The van der Waals surface area contributed by atoms with Crippen molar-refractivity contribution in [1.29, 1.82) is 0 Å². The third kappa shape index (κ3) is 3.89. The number of benzene rings is 1. The Morgan fingerprint density at radius 3 is 3.00 bits per heavy atom. The summed E-state index contributed by atoms with van der Waals surface area (Å²) in [5.41, 5.74) is 2.76. The molecule has 3 atom stereocenters. The zero-order chi connectivity index (χ0) is 19.5. The Balaban J connectivity index is 1.57. The minimum atomic E-state index is -0.0229. The van der Waals surface area contributed by atoms with Crippen LogP contribution in [0.2, 0.25) is 0 Å². The maximum atomic E-state index is 5.95. The number of aromatic nitrogens is 2. The minimum Gasteiger partial charge on any atom is -0.488 e. The average molecular weight is 385 g/mol. The number of nitrogens with one attached hydrogen (secondary N) is 2. The van der Waals surface area contributed by atoms with Crippen LogP contribution in [0.15, 0.2) is 29.3 Å². The molecule has 2 aliphatic heterocycles. The Labute approximate surface area is 164 Å². The van der Waals surface area contributed by atoms with Gasteiger partial charge in [0.15, 0.2) is 0 Å². The van der Waals surface area contributed by atoms with Crippen molar-refractivity contribution in [3.63, 3.8) is 0 Å². The molecule has 3 heterocycles. The number of nitrogens with zero attached hydrogens (tertiary/aromatic N) is 3. The van der Waals surface area contributed by atoms with Crippen molar-refractivity contribution in [3.8, 4) is 5.75 Å². The number of H-pyrrole nitrogens is 1. The van der Waals surface area contributed by atoms with E-state index in [9.17, 15) is 0 Å². The second-order valence-electron chi connectivity index (χ2n) is 7.22. The van der Waals surface area contributed by atoms with E-state index in [0.717, 1.165) is 47.6 Å². The van der Waals surface area contributed by atoms with Gasteiger partial charge < -0.3 is 19.5 Å². The molecule has 28 heavy (non-hydrogen) atoms. The van der Waals surface area contributed by atoms with E-state index in [0.29, 0.717) is 6.61 Å². The van der Waals surface area contributed by atoms with Crippen LogP contribution in [0.1, 0.15) is 19.0 Å². The highest BCUT2D eigenvalue weighted by atomic mass is 16.5. The summed E-state index contributed by atoms with van der Waals surface area (Å²) in [7, 11) is 3.44. The van der Waals surface area contributed by atoms with Crippen LogP contribution in [0.5, 0.6) is 5.75 Å². The monoisotopic (exact) mass is 385 g/mol. The van der Waals surface area contributed by atoms with Crippen molar-refractivity contribution < 1.29 is 14.2 Å². The van der Waals surface area contributed by atoms with Gasteiger partial charge in [-0.15, -0.1) is 0 Å². The average Bonchev–Trinajstić information content (AvgIpc) is 3.35. The number of methoxy groups -OCH3 is 2. The van der Waals surface area contributed by atoms with E-state index in [2.05, 4.69) is 31.5 Å². The van der Waals surface area contributed by atoms with Crippen LogP contribution in [0.25, 0.3) is 16.6 Å². The van der Waals surface area contributed by atoms with Crippen LogP contribution < -0.4 is 10.1 Å². The molecule has 0 amide bonds. The molecule has 1 saturated heterocycles. The number of fused-ring (bicyclic) bond motifs is 1. The first-order valence-electron chi connectivity index (χ1n) is 9.59. The number of hydrogen-bond acceptors (Lipinski definition) is 7. The Hall–Kier alpha value is -2.42. The molecule has 8 heteroatoms. The molecule has 2 N–H and O–H groups in total. The predicted molar refractivity (Wildman–Crippen MR) is 108 cm³/mol. The summed E-state index contributed by atoms with van der Waals surface area (Å²) >= 11 is 0. The zero-order valence-corrected chi connectivity index (χ0v) is 16.5. The fourth-order valence-electron chi connectivity index (χ4n) is 3.73. The molecule has 150 valence electrons. The topological polar surface area (TPSA) is 84.0 Å². The molecule has 3 unspecified atom stereocenters. The van der Waals surface area contributed by atoms with Gasteiger partial charge in [0.05, 0.1) is 30.3 Å². The van der Waals surface area contributed by atoms with Crippen molar-refractivity contribution in [2.24, 2.45) is 4.99 Å². The van der Waals surface area contributed by atoms with Crippen molar-refractivity contribution in [2.75, 3.05) is 33.9 Å². The normalized spacial score (nSPS) is 23.6. The summed E-state index contributed by atoms with van der Waals surface area (Å²) in [5, 5.41) is 11.9. The lowest BCUT2D eigenvalue weighted by molar-refractivity contribution is 0.0922. The molecular formula is C20H27N5O3. The first-order chi connectivity index (χ1) is 13.7. The van der Waals surface area contributed by atoms with Crippen molar-refractivity contribution >= 4 is 22.9 Å². The first kappa shape index (κ1) is 18.9. The van der Waals surface area contributed by atoms with Crippen molar-refractivity contribution in [3.05, 3.63) is 30.0 Å². The molecule has 2 aromatic rings. The second-order valence-corrected chi connectivity index (χ2v) is 7.22. The fraction of sp³-hybridized carbons (Fsp3) is 0.500. The second kappa shape index (κ2) is 8.30. The van der Waals surface area contributed by atoms with E-state index in [1.54, 1.807) is 20.6 Å². The van der Waals surface area contributed by atoms with Gasteiger partial charge >= 0.3 is 0 Å². The lowest BCUT2D eigenvalue weighted by Gasteiger charge is -2.25. The maximum Gasteiger partial charge on any atom is 0.125 e. The van der Waals surface area contributed by atoms with Gasteiger partial charge in [0.2, 0.25) is 0 Å². The zero-order valence-electron chi connectivity index (χ0n) is 16.5. The van der Waals surface area contributed by atoms with Crippen LogP contribution in [-0.2, 0) is 9.47 Å². The van der Waals surface area contributed by atoms with Crippen LogP contribution >= 0.6 is 0 Å². The van der Waals surface area contributed by atoms with Gasteiger partial charge in [-0.05, 0) is 37.6 Å². The molecule has 8 nitrogen and oxygen atoms in total. The highest BCUT2D eigenvalue weighted by Gasteiger charge is 2.28. The van der Waals surface area contributed by atoms with Gasteiger partial charge in [-0.2, -0.15) is 5.10 Å². The number of aromatic amines is 1. The molecular weight excluding hydrogens is 358 g/mol. The molecule has 1 aromatic heterocycles. The van der Waals surface area contributed by atoms with E-state index in [1.807, 2.05) is 25.1 Å². The number of aliphatic imine (C=N–C) groups is 1. The first-order valence-corrected chi connectivity index (χ1v) is 9.59. The highest BCUT2D eigenvalue weighted by Crippen LogP contribution is 2.28. The van der Waals surface area contributed by atoms with E-state index in [-0.39, 0.29) is 18.4 Å². The third-order valence-corrected chi connectivity index (χ3v) is 5.18. The Morgan fingerprint density at radius 1 is 1.32 bits per heavy atom. The van der Waals surface area contributed by atoms with Crippen LogP contribution in [-0.4, -0.2) is 73.7 Å². The SMILES string of the molecule is COCC(C)Oc1ccc2[nH]nc(C3=CC(N4CCC(OC)C4)N=CN3)c2c1. The summed E-state index contributed by atoms with van der Waals surface area (Å²) in [6.07, 6.45) is 5.15. The molecule has 0 radical (unpaired) electrons. The molecule has 0 spiro atoms. The Bertz CT molecular complexity index is 878. The summed E-state index contributed by atoms with van der Waals surface area (Å²) < 4.78 is 16.6. The van der Waals surface area contributed by atoms with E-state index >= 15 is 0 Å². The quantitative estimate of drug-likeness (QED) is 0.758. The molecule has 1 fully saturated rings. The van der Waals surface area contributed by atoms with Crippen LogP contribution in [0.4, 0.5) is 0 Å². The van der Waals surface area contributed by atoms with Crippen LogP contribution in [0, 0.1) is 0 Å². The molecule has 0 aliphatic carbocycles. The van der Waals surface area contributed by atoms with E-state index in [1.165, 1.54) is 0 Å². The smallest absolute Gasteiger partial charge is 0.125 e. The Morgan fingerprint density at radius 2 is 2.21 bits per heavy atom. The summed E-state index contributed by atoms with van der Waals surface area (Å²) in [5.74, 6) is 0.795. The number of ether oxygens (including phenoxy) is 3. The van der Waals surface area contributed by atoms with Gasteiger partial charge in [-0.3, -0.25) is 15.0 Å². The van der Waals surface area contributed by atoms with Crippen molar-refractivity contribution in [2.45, 2.75) is 31.7 Å². The molecule has 1 aromatic carbocycles. The lowest BCUT2D eigenvalue weighted by atomic mass is 10.1. The summed E-state index contributed by atoms with van der Waals surface area (Å²) in [6, 6.07) is 5.94. The van der Waals surface area contributed by atoms with Gasteiger partial charge in [-0.1, -0.05) is 0 Å². The number of rotatable bonds is 7. The van der Waals surface area contributed by atoms with Gasteiger partial charge in [0.25, 0.3) is 0 Å². The molecule has 0 bridgehead atoms.